The van der Waals surface area contributed by atoms with Crippen LogP contribution in [0.1, 0.15) is 17.9 Å². The van der Waals surface area contributed by atoms with E-state index in [0.29, 0.717) is 21.7 Å². The summed E-state index contributed by atoms with van der Waals surface area (Å²) >= 11 is 11.8. The molecule has 2 nitrogen and oxygen atoms in total. The van der Waals surface area contributed by atoms with E-state index in [-0.39, 0.29) is 11.8 Å². The van der Waals surface area contributed by atoms with Gasteiger partial charge in [-0.15, -0.1) is 0 Å². The molecule has 2 atom stereocenters. The Kier molecular flexibility index (Phi) is 3.68. The van der Waals surface area contributed by atoms with Gasteiger partial charge in [-0.2, -0.15) is 0 Å². The molecule has 102 valence electrons. The highest BCUT2D eigenvalue weighted by atomic mass is 35.5. The molecule has 3 rings (SSSR count). The lowest BCUT2D eigenvalue weighted by atomic mass is 10.1. The number of carbonyl (C=O) groups excluding carboxylic acids is 1. The van der Waals surface area contributed by atoms with E-state index in [1.165, 1.54) is 5.56 Å². The summed E-state index contributed by atoms with van der Waals surface area (Å²) in [6.07, 6.45) is 0.900. The first-order chi connectivity index (χ1) is 9.65. The molecule has 0 spiro atoms. The summed E-state index contributed by atoms with van der Waals surface area (Å²) in [5, 5.41) is 3.82. The zero-order chi connectivity index (χ0) is 14.1. The van der Waals surface area contributed by atoms with Gasteiger partial charge >= 0.3 is 0 Å². The summed E-state index contributed by atoms with van der Waals surface area (Å²) in [6.45, 7) is 0. The summed E-state index contributed by atoms with van der Waals surface area (Å²) in [7, 11) is 0. The standard InChI is InChI=1S/C16H13Cl2NO/c17-14-7-6-11(8-15(14)18)19-16(20)13-9-12(13)10-4-2-1-3-5-10/h1-8,12-13H,9H2,(H,19,20). The van der Waals surface area contributed by atoms with E-state index in [1.807, 2.05) is 18.2 Å². The SMILES string of the molecule is O=C(Nc1ccc(Cl)c(Cl)c1)C1CC1c1ccccc1. The molecule has 1 amide bonds. The number of carbonyl (C=O) groups is 1. The van der Waals surface area contributed by atoms with Gasteiger partial charge in [-0.1, -0.05) is 53.5 Å². The Morgan fingerprint density at radius 1 is 1.05 bits per heavy atom. The largest absolute Gasteiger partial charge is 0.326 e. The number of amides is 1. The summed E-state index contributed by atoms with van der Waals surface area (Å²) in [5.41, 5.74) is 1.91. The molecule has 0 bridgehead atoms. The van der Waals surface area contributed by atoms with Crippen molar-refractivity contribution < 1.29 is 4.79 Å². The monoisotopic (exact) mass is 305 g/mol. The average molecular weight is 306 g/mol. The van der Waals surface area contributed by atoms with E-state index in [2.05, 4.69) is 17.4 Å². The van der Waals surface area contributed by atoms with Gasteiger partial charge in [0.15, 0.2) is 0 Å². The molecule has 2 aromatic rings. The van der Waals surface area contributed by atoms with E-state index in [0.717, 1.165) is 6.42 Å². The van der Waals surface area contributed by atoms with Crippen molar-refractivity contribution in [1.82, 2.24) is 0 Å². The van der Waals surface area contributed by atoms with Crippen molar-refractivity contribution >= 4 is 34.8 Å². The van der Waals surface area contributed by atoms with Crippen molar-refractivity contribution in [3.8, 4) is 0 Å². The lowest BCUT2D eigenvalue weighted by Crippen LogP contribution is -2.14. The van der Waals surface area contributed by atoms with Gasteiger partial charge < -0.3 is 5.32 Å². The average Bonchev–Trinajstić information content (AvgIpc) is 3.24. The predicted octanol–water partition coefficient (Wildman–Crippen LogP) is 4.74. The Balaban J connectivity index is 1.65. The second-order valence-corrected chi connectivity index (χ2v) is 5.79. The molecule has 0 aliphatic heterocycles. The molecular weight excluding hydrogens is 293 g/mol. The second kappa shape index (κ2) is 5.47. The van der Waals surface area contributed by atoms with Crippen LogP contribution in [-0.2, 0) is 4.79 Å². The molecule has 20 heavy (non-hydrogen) atoms. The van der Waals surface area contributed by atoms with E-state index < -0.39 is 0 Å². The quantitative estimate of drug-likeness (QED) is 0.872. The van der Waals surface area contributed by atoms with Crippen molar-refractivity contribution in [1.29, 1.82) is 0 Å². The topological polar surface area (TPSA) is 29.1 Å². The fourth-order valence-electron chi connectivity index (χ4n) is 2.36. The summed E-state index contributed by atoms with van der Waals surface area (Å²) in [6, 6.07) is 15.2. The maximum atomic E-state index is 12.2. The molecule has 1 aliphatic rings. The van der Waals surface area contributed by atoms with Crippen LogP contribution in [-0.4, -0.2) is 5.91 Å². The molecule has 4 heteroatoms. The number of halogens is 2. The molecule has 0 heterocycles. The Bertz CT molecular complexity index is 642. The molecular formula is C16H13Cl2NO. The van der Waals surface area contributed by atoms with E-state index in [1.54, 1.807) is 18.2 Å². The van der Waals surface area contributed by atoms with Gasteiger partial charge in [0.1, 0.15) is 0 Å². The molecule has 0 aromatic heterocycles. The molecule has 0 saturated heterocycles. The number of nitrogens with one attached hydrogen (secondary N) is 1. The van der Waals surface area contributed by atoms with Crippen molar-refractivity contribution in [3.05, 3.63) is 64.1 Å². The van der Waals surface area contributed by atoms with Crippen LogP contribution >= 0.6 is 23.2 Å². The highest BCUT2D eigenvalue weighted by molar-refractivity contribution is 6.42. The number of benzene rings is 2. The Labute approximate surface area is 127 Å². The Hall–Kier alpha value is -1.51. The van der Waals surface area contributed by atoms with Crippen LogP contribution < -0.4 is 5.32 Å². The minimum absolute atomic E-state index is 0.0391. The number of hydrogen-bond acceptors (Lipinski definition) is 1. The third kappa shape index (κ3) is 2.82. The second-order valence-electron chi connectivity index (χ2n) is 4.98. The zero-order valence-corrected chi connectivity index (χ0v) is 12.2. The van der Waals surface area contributed by atoms with Gasteiger partial charge in [0.05, 0.1) is 10.0 Å². The lowest BCUT2D eigenvalue weighted by Gasteiger charge is -2.06. The van der Waals surface area contributed by atoms with E-state index >= 15 is 0 Å². The first-order valence-electron chi connectivity index (χ1n) is 6.46. The van der Waals surface area contributed by atoms with Gasteiger partial charge in [0.2, 0.25) is 5.91 Å². The molecule has 1 N–H and O–H groups in total. The summed E-state index contributed by atoms with van der Waals surface area (Å²) < 4.78 is 0. The van der Waals surface area contributed by atoms with Crippen LogP contribution in [0.15, 0.2) is 48.5 Å². The molecule has 1 fully saturated rings. The molecule has 1 saturated carbocycles. The summed E-state index contributed by atoms with van der Waals surface area (Å²) in [5.74, 6) is 0.420. The van der Waals surface area contributed by atoms with Gasteiger partial charge in [-0.3, -0.25) is 4.79 Å². The minimum Gasteiger partial charge on any atom is -0.326 e. The molecule has 1 aliphatic carbocycles. The van der Waals surface area contributed by atoms with Crippen LogP contribution in [0.5, 0.6) is 0 Å². The zero-order valence-electron chi connectivity index (χ0n) is 10.6. The van der Waals surface area contributed by atoms with E-state index in [4.69, 9.17) is 23.2 Å². The highest BCUT2D eigenvalue weighted by Crippen LogP contribution is 2.47. The minimum atomic E-state index is 0.0391. The van der Waals surface area contributed by atoms with Crippen molar-refractivity contribution in [2.75, 3.05) is 5.32 Å². The van der Waals surface area contributed by atoms with Crippen molar-refractivity contribution in [3.63, 3.8) is 0 Å². The predicted molar refractivity (Wildman–Crippen MR) is 82.4 cm³/mol. The number of anilines is 1. The van der Waals surface area contributed by atoms with Crippen LogP contribution in [0, 0.1) is 5.92 Å². The first-order valence-corrected chi connectivity index (χ1v) is 7.21. The van der Waals surface area contributed by atoms with Crippen LogP contribution in [0.4, 0.5) is 5.69 Å². The van der Waals surface area contributed by atoms with Crippen LogP contribution in [0.25, 0.3) is 0 Å². The Morgan fingerprint density at radius 2 is 1.80 bits per heavy atom. The van der Waals surface area contributed by atoms with Gasteiger partial charge in [0, 0.05) is 11.6 Å². The first kappa shape index (κ1) is 13.5. The van der Waals surface area contributed by atoms with Gasteiger partial charge in [-0.25, -0.2) is 0 Å². The van der Waals surface area contributed by atoms with Crippen molar-refractivity contribution in [2.24, 2.45) is 5.92 Å². The fraction of sp³-hybridized carbons (Fsp3) is 0.188. The molecule has 2 unspecified atom stereocenters. The van der Waals surface area contributed by atoms with Gasteiger partial charge in [-0.05, 0) is 36.1 Å². The number of hydrogen-bond donors (Lipinski definition) is 1. The van der Waals surface area contributed by atoms with Crippen LogP contribution in [0.3, 0.4) is 0 Å². The van der Waals surface area contributed by atoms with E-state index in [9.17, 15) is 4.79 Å². The molecule has 2 aromatic carbocycles. The third-order valence-electron chi connectivity index (χ3n) is 3.54. The highest BCUT2D eigenvalue weighted by Gasteiger charge is 2.43. The van der Waals surface area contributed by atoms with Crippen molar-refractivity contribution in [2.45, 2.75) is 12.3 Å². The maximum absolute atomic E-state index is 12.2. The third-order valence-corrected chi connectivity index (χ3v) is 4.28. The summed E-state index contributed by atoms with van der Waals surface area (Å²) in [4.78, 5) is 12.2. The van der Waals surface area contributed by atoms with Crippen LogP contribution in [0.2, 0.25) is 10.0 Å². The maximum Gasteiger partial charge on any atom is 0.228 e. The molecule has 0 radical (unpaired) electrons. The normalized spacial score (nSPS) is 20.5. The Morgan fingerprint density at radius 3 is 2.50 bits per heavy atom. The fourth-order valence-corrected chi connectivity index (χ4v) is 2.66. The smallest absolute Gasteiger partial charge is 0.228 e. The van der Waals surface area contributed by atoms with Gasteiger partial charge in [0.25, 0.3) is 0 Å². The lowest BCUT2D eigenvalue weighted by molar-refractivity contribution is -0.117. The number of rotatable bonds is 3.